The highest BCUT2D eigenvalue weighted by atomic mass is 79.9. The lowest BCUT2D eigenvalue weighted by atomic mass is 9.71. The highest BCUT2D eigenvalue weighted by Crippen LogP contribution is 2.50. The van der Waals surface area contributed by atoms with Gasteiger partial charge in [0.05, 0.1) is 11.6 Å². The fraction of sp³-hybridized carbons (Fsp3) is 0.333. The topological polar surface area (TPSA) is 90.0 Å². The van der Waals surface area contributed by atoms with Crippen LogP contribution in [0, 0.1) is 0 Å². The maximum Gasteiger partial charge on any atom is 0.339 e. The molecule has 0 amide bonds. The van der Waals surface area contributed by atoms with E-state index >= 15 is 0 Å². The molecule has 0 N–H and O–H groups in total. The van der Waals surface area contributed by atoms with E-state index in [0.717, 1.165) is 37.1 Å². The number of ketones is 2. The van der Waals surface area contributed by atoms with Crippen LogP contribution in [0.5, 0.6) is 11.5 Å². The van der Waals surface area contributed by atoms with E-state index in [4.69, 9.17) is 20.5 Å². The molecule has 7 nitrogen and oxygen atoms in total. The third-order valence-electron chi connectivity index (χ3n) is 7.13. The Morgan fingerprint density at radius 2 is 1.51 bits per heavy atom. The minimum atomic E-state index is -4.19. The van der Waals surface area contributed by atoms with Gasteiger partial charge in [0.2, 0.25) is 0 Å². The molecule has 1 heterocycles. The number of Topliss-reactive ketones (excluding diaryl/α,β-unsaturated/α-hetero) is 2. The Kier molecular flexibility index (Phi) is 6.98. The highest BCUT2D eigenvalue weighted by molar-refractivity contribution is 9.10. The summed E-state index contributed by atoms with van der Waals surface area (Å²) in [5.41, 5.74) is 3.85. The largest absolute Gasteiger partial charge is 0.493 e. The number of carbonyl (C=O) groups is 2. The van der Waals surface area contributed by atoms with Crippen molar-refractivity contribution in [2.75, 3.05) is 14.2 Å². The molecule has 0 saturated carbocycles. The lowest BCUT2D eigenvalue weighted by Crippen LogP contribution is -2.37. The maximum atomic E-state index is 13.2. The highest BCUT2D eigenvalue weighted by Gasteiger charge is 2.42. The third kappa shape index (κ3) is 4.62. The fourth-order valence-corrected chi connectivity index (χ4v) is 7.16. The lowest BCUT2D eigenvalue weighted by molar-refractivity contribution is -0.117. The normalized spacial score (nSPS) is 18.6. The van der Waals surface area contributed by atoms with Gasteiger partial charge in [-0.2, -0.15) is 8.42 Å². The summed E-state index contributed by atoms with van der Waals surface area (Å²) < 4.78 is 37.3. The molecule has 2 aromatic carbocycles. The molecule has 1 aliphatic heterocycles. The molecular formula is C27H25BrClNO6S. The summed E-state index contributed by atoms with van der Waals surface area (Å²) in [6.45, 7) is 0. The Labute approximate surface area is 229 Å². The Morgan fingerprint density at radius 3 is 2.05 bits per heavy atom. The Hall–Kier alpha value is -2.62. The predicted molar refractivity (Wildman–Crippen MR) is 142 cm³/mol. The quantitative estimate of drug-likeness (QED) is 0.390. The first-order chi connectivity index (χ1) is 17.6. The molecule has 10 heteroatoms. The molecule has 0 atom stereocenters. The van der Waals surface area contributed by atoms with Crippen molar-refractivity contribution in [2.24, 2.45) is 0 Å². The van der Waals surface area contributed by atoms with Gasteiger partial charge in [0.1, 0.15) is 4.90 Å². The average Bonchev–Trinajstić information content (AvgIpc) is 2.86. The van der Waals surface area contributed by atoms with Gasteiger partial charge in [-0.05, 0) is 83.6 Å². The van der Waals surface area contributed by atoms with Crippen LogP contribution in [-0.2, 0) is 19.7 Å². The van der Waals surface area contributed by atoms with E-state index in [-0.39, 0.29) is 28.0 Å². The van der Waals surface area contributed by atoms with E-state index in [1.54, 1.807) is 12.1 Å². The fourth-order valence-electron chi connectivity index (χ4n) is 5.43. The maximum absolute atomic E-state index is 13.2. The SMILES string of the molecule is COc1cc(C2C3=C(CCCC3=O)N(C)C3=C2C(=O)CCC3)cc(Br)c1OS(=O)(=O)c1ccc(Cl)cc1. The first-order valence-corrected chi connectivity index (χ1v) is 14.5. The zero-order valence-corrected chi connectivity index (χ0v) is 23.5. The van der Waals surface area contributed by atoms with Crippen LogP contribution in [-0.4, -0.2) is 39.0 Å². The first-order valence-electron chi connectivity index (χ1n) is 12.0. The van der Waals surface area contributed by atoms with Gasteiger partial charge in [0.15, 0.2) is 23.1 Å². The van der Waals surface area contributed by atoms with Crippen molar-refractivity contribution in [3.8, 4) is 11.5 Å². The number of nitrogens with zero attached hydrogens (tertiary/aromatic N) is 1. The summed E-state index contributed by atoms with van der Waals surface area (Å²) in [6, 6.07) is 9.02. The number of methoxy groups -OCH3 is 1. The van der Waals surface area contributed by atoms with Crippen LogP contribution in [0.15, 0.2) is 68.3 Å². The predicted octanol–water partition coefficient (Wildman–Crippen LogP) is 5.92. The number of hydrogen-bond donors (Lipinski definition) is 0. The van der Waals surface area contributed by atoms with Crippen LogP contribution >= 0.6 is 27.5 Å². The van der Waals surface area contributed by atoms with E-state index in [2.05, 4.69) is 15.9 Å². The third-order valence-corrected chi connectivity index (χ3v) is 9.20. The average molecular weight is 607 g/mol. The van der Waals surface area contributed by atoms with Gasteiger partial charge >= 0.3 is 10.1 Å². The van der Waals surface area contributed by atoms with Gasteiger partial charge in [-0.25, -0.2) is 0 Å². The van der Waals surface area contributed by atoms with Gasteiger partial charge in [-0.15, -0.1) is 0 Å². The molecule has 3 aliphatic rings. The molecule has 2 aromatic rings. The van der Waals surface area contributed by atoms with Crippen LogP contribution in [0.1, 0.15) is 50.0 Å². The second kappa shape index (κ2) is 9.93. The zero-order chi connectivity index (χ0) is 26.5. The number of allylic oxidation sites excluding steroid dienone is 4. The smallest absolute Gasteiger partial charge is 0.339 e. The number of ether oxygens (including phenoxy) is 1. The molecule has 0 aromatic heterocycles. The summed E-state index contributed by atoms with van der Waals surface area (Å²) >= 11 is 9.35. The van der Waals surface area contributed by atoms with Crippen molar-refractivity contribution in [3.63, 3.8) is 0 Å². The summed E-state index contributed by atoms with van der Waals surface area (Å²) in [4.78, 5) is 28.5. The van der Waals surface area contributed by atoms with Crippen molar-refractivity contribution >= 4 is 49.2 Å². The molecule has 0 saturated heterocycles. The molecule has 0 bridgehead atoms. The minimum Gasteiger partial charge on any atom is -0.493 e. The van der Waals surface area contributed by atoms with Crippen LogP contribution in [0.4, 0.5) is 0 Å². The Balaban J connectivity index is 1.63. The molecule has 0 spiro atoms. The summed E-state index contributed by atoms with van der Waals surface area (Å²) in [7, 11) is -0.839. The summed E-state index contributed by atoms with van der Waals surface area (Å²) in [6.07, 6.45) is 3.93. The standard InChI is InChI=1S/C27H25BrClNO6S/c1-30-19-5-3-7-21(31)25(19)24(26-20(30)6-4-8-22(26)32)15-13-18(28)27(23(14-15)35-2)36-37(33,34)17-11-9-16(29)10-12-17/h9-14,24H,3-8H2,1-2H3. The van der Waals surface area contributed by atoms with Gasteiger partial charge in [-0.3, -0.25) is 9.59 Å². The molecule has 37 heavy (non-hydrogen) atoms. The van der Waals surface area contributed by atoms with E-state index in [1.807, 2.05) is 11.9 Å². The summed E-state index contributed by atoms with van der Waals surface area (Å²) in [5, 5.41) is 0.400. The molecule has 5 rings (SSSR count). The number of halogens is 2. The second-order valence-electron chi connectivity index (χ2n) is 9.29. The zero-order valence-electron chi connectivity index (χ0n) is 20.3. The molecule has 0 radical (unpaired) electrons. The number of rotatable bonds is 5. The Morgan fingerprint density at radius 1 is 0.946 bits per heavy atom. The molecule has 0 unspecified atom stereocenters. The second-order valence-corrected chi connectivity index (χ2v) is 12.1. The van der Waals surface area contributed by atoms with Crippen LogP contribution < -0.4 is 8.92 Å². The van der Waals surface area contributed by atoms with Crippen molar-refractivity contribution in [1.29, 1.82) is 0 Å². The van der Waals surface area contributed by atoms with Crippen LogP contribution in [0.3, 0.4) is 0 Å². The van der Waals surface area contributed by atoms with E-state index < -0.39 is 16.0 Å². The van der Waals surface area contributed by atoms with Crippen LogP contribution in [0.2, 0.25) is 5.02 Å². The van der Waals surface area contributed by atoms with Crippen LogP contribution in [0.25, 0.3) is 0 Å². The van der Waals surface area contributed by atoms with Crippen molar-refractivity contribution in [1.82, 2.24) is 4.90 Å². The molecule has 194 valence electrons. The van der Waals surface area contributed by atoms with Gasteiger partial charge in [0, 0.05) is 53.4 Å². The molecule has 2 aliphatic carbocycles. The van der Waals surface area contributed by atoms with E-state index in [0.29, 0.717) is 39.0 Å². The van der Waals surface area contributed by atoms with Gasteiger partial charge in [0.25, 0.3) is 0 Å². The first kappa shape index (κ1) is 26.0. The van der Waals surface area contributed by atoms with Gasteiger partial charge in [-0.1, -0.05) is 11.6 Å². The lowest BCUT2D eigenvalue weighted by Gasteiger charge is -2.42. The van der Waals surface area contributed by atoms with E-state index in [1.165, 1.54) is 31.4 Å². The number of benzene rings is 2. The molecular weight excluding hydrogens is 582 g/mol. The van der Waals surface area contributed by atoms with Crippen molar-refractivity contribution in [3.05, 3.63) is 74.0 Å². The number of carbonyl (C=O) groups excluding carboxylic acids is 2. The number of hydrogen-bond acceptors (Lipinski definition) is 7. The van der Waals surface area contributed by atoms with Crippen molar-refractivity contribution in [2.45, 2.75) is 49.3 Å². The minimum absolute atomic E-state index is 0.0255. The van der Waals surface area contributed by atoms with E-state index in [9.17, 15) is 18.0 Å². The summed E-state index contributed by atoms with van der Waals surface area (Å²) in [5.74, 6) is -0.347. The monoisotopic (exact) mass is 605 g/mol. The Bertz CT molecular complexity index is 1430. The molecule has 0 fully saturated rings. The van der Waals surface area contributed by atoms with Crippen molar-refractivity contribution < 1.29 is 26.9 Å². The van der Waals surface area contributed by atoms with Gasteiger partial charge < -0.3 is 13.8 Å².